The summed E-state index contributed by atoms with van der Waals surface area (Å²) in [6.45, 7) is 1.57. The van der Waals surface area contributed by atoms with Crippen LogP contribution in [0.4, 0.5) is 0 Å². The van der Waals surface area contributed by atoms with Gasteiger partial charge in [0, 0.05) is 13.5 Å². The Morgan fingerprint density at radius 3 is 2.35 bits per heavy atom. The summed E-state index contributed by atoms with van der Waals surface area (Å²) in [6, 6.07) is 0. The van der Waals surface area contributed by atoms with E-state index in [1.807, 2.05) is 6.92 Å². The normalized spacial score (nSPS) is 11.6. The molecule has 7 heteroatoms. The number of carboxylic acid groups (broad SMARTS) is 1. The number of carbonyl (C=O) groups excluding carboxylic acids is 2. The van der Waals surface area contributed by atoms with Crippen LogP contribution in [0.5, 0.6) is 0 Å². The van der Waals surface area contributed by atoms with Crippen LogP contribution in [-0.4, -0.2) is 49.2 Å². The van der Waals surface area contributed by atoms with Gasteiger partial charge in [-0.15, -0.1) is 0 Å². The van der Waals surface area contributed by atoms with Crippen LogP contribution in [-0.2, 0) is 19.1 Å². The quantitative estimate of drug-likeness (QED) is 0.516. The van der Waals surface area contributed by atoms with Crippen molar-refractivity contribution in [1.82, 2.24) is 10.6 Å². The lowest BCUT2D eigenvalue weighted by atomic mass is 10.3. The van der Waals surface area contributed by atoms with Crippen molar-refractivity contribution in [2.75, 3.05) is 20.2 Å². The standard InChI is InChI=1S/C10H18N2O5/c1-3-4-8(13)12-6-9(14)11-5-7(17-2)10(15)16/h7H,3-6H2,1-2H3,(H,11,14)(H,12,13)(H,15,16). The first-order chi connectivity index (χ1) is 8.01. The van der Waals surface area contributed by atoms with Crippen molar-refractivity contribution in [1.29, 1.82) is 0 Å². The minimum atomic E-state index is -1.15. The van der Waals surface area contributed by atoms with Crippen LogP contribution in [0.15, 0.2) is 0 Å². The molecular formula is C10H18N2O5. The van der Waals surface area contributed by atoms with Gasteiger partial charge < -0.3 is 20.5 Å². The van der Waals surface area contributed by atoms with Gasteiger partial charge in [-0.05, 0) is 6.42 Å². The lowest BCUT2D eigenvalue weighted by Gasteiger charge is -2.11. The fourth-order valence-corrected chi connectivity index (χ4v) is 1.03. The summed E-state index contributed by atoms with van der Waals surface area (Å²) in [4.78, 5) is 32.8. The molecule has 17 heavy (non-hydrogen) atoms. The second kappa shape index (κ2) is 8.51. The molecule has 7 nitrogen and oxygen atoms in total. The van der Waals surface area contributed by atoms with Gasteiger partial charge >= 0.3 is 5.97 Å². The summed E-state index contributed by atoms with van der Waals surface area (Å²) in [5.74, 6) is -1.80. The van der Waals surface area contributed by atoms with Crippen LogP contribution in [0.3, 0.4) is 0 Å². The van der Waals surface area contributed by atoms with E-state index in [1.165, 1.54) is 7.11 Å². The number of carbonyl (C=O) groups is 3. The van der Waals surface area contributed by atoms with E-state index in [2.05, 4.69) is 15.4 Å². The number of hydrogen-bond donors (Lipinski definition) is 3. The Kier molecular flexibility index (Phi) is 7.70. The number of hydrogen-bond acceptors (Lipinski definition) is 4. The highest BCUT2D eigenvalue weighted by molar-refractivity contribution is 5.85. The van der Waals surface area contributed by atoms with E-state index in [0.29, 0.717) is 12.8 Å². The summed E-state index contributed by atoms with van der Waals surface area (Å²) in [5.41, 5.74) is 0. The van der Waals surface area contributed by atoms with E-state index in [9.17, 15) is 14.4 Å². The van der Waals surface area contributed by atoms with Crippen LogP contribution < -0.4 is 10.6 Å². The van der Waals surface area contributed by atoms with E-state index in [-0.39, 0.29) is 19.0 Å². The first-order valence-electron chi connectivity index (χ1n) is 5.30. The van der Waals surface area contributed by atoms with E-state index in [1.54, 1.807) is 0 Å². The molecule has 1 unspecified atom stereocenters. The molecule has 3 N–H and O–H groups in total. The molecule has 0 aromatic heterocycles. The average Bonchev–Trinajstić information content (AvgIpc) is 2.27. The average molecular weight is 246 g/mol. The predicted octanol–water partition coefficient (Wildman–Crippen LogP) is -0.881. The maximum Gasteiger partial charge on any atom is 0.334 e. The van der Waals surface area contributed by atoms with Crippen LogP contribution in [0.1, 0.15) is 19.8 Å². The molecule has 0 spiro atoms. The predicted molar refractivity (Wildman–Crippen MR) is 59.4 cm³/mol. The van der Waals surface area contributed by atoms with Gasteiger partial charge in [0.2, 0.25) is 11.8 Å². The molecule has 0 aliphatic heterocycles. The highest BCUT2D eigenvalue weighted by Gasteiger charge is 2.17. The molecule has 0 aliphatic rings. The molecule has 1 atom stereocenters. The fourth-order valence-electron chi connectivity index (χ4n) is 1.03. The molecule has 0 fully saturated rings. The highest BCUT2D eigenvalue weighted by Crippen LogP contribution is 1.88. The molecule has 0 saturated carbocycles. The van der Waals surface area contributed by atoms with Crippen molar-refractivity contribution in [2.24, 2.45) is 0 Å². The summed E-state index contributed by atoms with van der Waals surface area (Å²) in [6.07, 6.45) is -0.00768. The topological polar surface area (TPSA) is 105 Å². The molecule has 98 valence electrons. The Balaban J connectivity index is 3.79. The molecule has 0 rings (SSSR count). The second-order valence-corrected chi connectivity index (χ2v) is 3.39. The Morgan fingerprint density at radius 2 is 1.88 bits per heavy atom. The zero-order chi connectivity index (χ0) is 13.3. The van der Waals surface area contributed by atoms with E-state index in [0.717, 1.165) is 0 Å². The number of rotatable bonds is 8. The Morgan fingerprint density at radius 1 is 1.24 bits per heavy atom. The monoisotopic (exact) mass is 246 g/mol. The summed E-state index contributed by atoms with van der Waals surface area (Å²) >= 11 is 0. The molecule has 2 amide bonds. The van der Waals surface area contributed by atoms with Crippen molar-refractivity contribution in [3.05, 3.63) is 0 Å². The Hall–Kier alpha value is -1.63. The number of ether oxygens (including phenoxy) is 1. The largest absolute Gasteiger partial charge is 0.479 e. The molecule has 0 saturated heterocycles. The van der Waals surface area contributed by atoms with Crippen LogP contribution >= 0.6 is 0 Å². The lowest BCUT2D eigenvalue weighted by molar-refractivity contribution is -0.148. The van der Waals surface area contributed by atoms with Crippen LogP contribution in [0, 0.1) is 0 Å². The van der Waals surface area contributed by atoms with Crippen molar-refractivity contribution in [3.8, 4) is 0 Å². The van der Waals surface area contributed by atoms with Gasteiger partial charge in [0.25, 0.3) is 0 Å². The van der Waals surface area contributed by atoms with Crippen LogP contribution in [0.25, 0.3) is 0 Å². The summed E-state index contributed by atoms with van der Waals surface area (Å²) in [7, 11) is 1.24. The molecule has 0 aliphatic carbocycles. The molecule has 0 bridgehead atoms. The minimum Gasteiger partial charge on any atom is -0.479 e. The van der Waals surface area contributed by atoms with Crippen molar-refractivity contribution >= 4 is 17.8 Å². The van der Waals surface area contributed by atoms with Gasteiger partial charge in [0.05, 0.1) is 13.1 Å². The first kappa shape index (κ1) is 15.4. The highest BCUT2D eigenvalue weighted by atomic mass is 16.5. The SMILES string of the molecule is CCCC(=O)NCC(=O)NCC(OC)C(=O)O. The number of carboxylic acids is 1. The van der Waals surface area contributed by atoms with E-state index < -0.39 is 18.0 Å². The molecular weight excluding hydrogens is 228 g/mol. The van der Waals surface area contributed by atoms with Gasteiger partial charge in [0.15, 0.2) is 6.10 Å². The molecule has 0 heterocycles. The molecule has 0 aromatic carbocycles. The van der Waals surface area contributed by atoms with Crippen LogP contribution in [0.2, 0.25) is 0 Å². The third kappa shape index (κ3) is 7.29. The van der Waals surface area contributed by atoms with Gasteiger partial charge in [-0.2, -0.15) is 0 Å². The van der Waals surface area contributed by atoms with E-state index >= 15 is 0 Å². The summed E-state index contributed by atoms with van der Waals surface area (Å²) < 4.78 is 4.62. The van der Waals surface area contributed by atoms with Crippen molar-refractivity contribution in [3.63, 3.8) is 0 Å². The Labute approximate surface area is 99.5 Å². The van der Waals surface area contributed by atoms with Crippen molar-refractivity contribution in [2.45, 2.75) is 25.9 Å². The zero-order valence-electron chi connectivity index (χ0n) is 9.99. The zero-order valence-corrected chi connectivity index (χ0v) is 9.99. The summed E-state index contributed by atoms with van der Waals surface area (Å²) in [5, 5.41) is 13.4. The number of amides is 2. The lowest BCUT2D eigenvalue weighted by Crippen LogP contribution is -2.42. The minimum absolute atomic E-state index is 0.131. The van der Waals surface area contributed by atoms with E-state index in [4.69, 9.17) is 5.11 Å². The number of nitrogens with one attached hydrogen (secondary N) is 2. The number of aliphatic carboxylic acids is 1. The Bertz CT molecular complexity index is 280. The smallest absolute Gasteiger partial charge is 0.334 e. The van der Waals surface area contributed by atoms with Gasteiger partial charge in [-0.25, -0.2) is 4.79 Å². The van der Waals surface area contributed by atoms with Gasteiger partial charge in [0.1, 0.15) is 0 Å². The maximum atomic E-state index is 11.2. The van der Waals surface area contributed by atoms with Crippen molar-refractivity contribution < 1.29 is 24.2 Å². The third-order valence-electron chi connectivity index (χ3n) is 1.97. The number of methoxy groups -OCH3 is 1. The third-order valence-corrected chi connectivity index (χ3v) is 1.97. The fraction of sp³-hybridized carbons (Fsp3) is 0.700. The molecule has 0 aromatic rings. The maximum absolute atomic E-state index is 11.2. The first-order valence-corrected chi connectivity index (χ1v) is 5.30. The van der Waals surface area contributed by atoms with Gasteiger partial charge in [-0.3, -0.25) is 9.59 Å². The molecule has 0 radical (unpaired) electrons. The van der Waals surface area contributed by atoms with Gasteiger partial charge in [-0.1, -0.05) is 6.92 Å². The second-order valence-electron chi connectivity index (χ2n) is 3.39.